The van der Waals surface area contributed by atoms with E-state index >= 15 is 0 Å². The zero-order valence-electron chi connectivity index (χ0n) is 14.4. The predicted molar refractivity (Wildman–Crippen MR) is 95.0 cm³/mol. The minimum atomic E-state index is -0.452. The molecule has 5 heteroatoms. The summed E-state index contributed by atoms with van der Waals surface area (Å²) in [5.41, 5.74) is 4.23. The van der Waals surface area contributed by atoms with Gasteiger partial charge in [0.25, 0.3) is 5.91 Å². The number of morpholine rings is 1. The van der Waals surface area contributed by atoms with Crippen LogP contribution in [-0.4, -0.2) is 48.6 Å². The van der Waals surface area contributed by atoms with Crippen LogP contribution in [-0.2, 0) is 9.53 Å². The number of rotatable bonds is 3. The van der Waals surface area contributed by atoms with Crippen LogP contribution >= 0.6 is 0 Å². The van der Waals surface area contributed by atoms with Crippen LogP contribution in [0.15, 0.2) is 36.4 Å². The molecule has 24 heavy (non-hydrogen) atoms. The van der Waals surface area contributed by atoms with Crippen LogP contribution in [0.25, 0.3) is 11.1 Å². The van der Waals surface area contributed by atoms with Gasteiger partial charge >= 0.3 is 0 Å². The fraction of sp³-hybridized carbons (Fsp3) is 0.368. The zero-order chi connectivity index (χ0) is 17.1. The molecule has 5 nitrogen and oxygen atoms in total. The smallest absolute Gasteiger partial charge is 0.255 e. The average molecular weight is 325 g/mol. The van der Waals surface area contributed by atoms with Gasteiger partial charge < -0.3 is 15.0 Å². The number of ether oxygens (including phenoxy) is 1. The molecule has 1 unspecified atom stereocenters. The quantitative estimate of drug-likeness (QED) is 0.942. The minimum Gasteiger partial charge on any atom is -0.366 e. The number of nitrogens with one attached hydrogen (secondary N) is 1. The summed E-state index contributed by atoms with van der Waals surface area (Å²) in [6.45, 7) is 6.04. The minimum absolute atomic E-state index is 0.142. The molecule has 2 aromatic rings. The van der Waals surface area contributed by atoms with E-state index in [9.17, 15) is 4.79 Å². The van der Waals surface area contributed by atoms with Gasteiger partial charge in [-0.25, -0.2) is 4.98 Å². The number of benzene rings is 1. The highest BCUT2D eigenvalue weighted by atomic mass is 16.5. The van der Waals surface area contributed by atoms with Crippen molar-refractivity contribution in [2.24, 2.45) is 0 Å². The summed E-state index contributed by atoms with van der Waals surface area (Å²) in [6.07, 6.45) is -0.452. The Morgan fingerprint density at radius 2 is 2.04 bits per heavy atom. The SMILES string of the molecule is Cc1nc(NC(=O)C2CN(C)CCO2)cc(-c2ccccc2)c1C. The molecule has 1 N–H and O–H groups in total. The first-order valence-electron chi connectivity index (χ1n) is 8.19. The maximum absolute atomic E-state index is 12.5. The predicted octanol–water partition coefficient (Wildman–Crippen LogP) is 2.63. The van der Waals surface area contributed by atoms with E-state index in [4.69, 9.17) is 4.74 Å². The number of carbonyl (C=O) groups is 1. The van der Waals surface area contributed by atoms with Gasteiger partial charge in [0.2, 0.25) is 0 Å². The first-order valence-corrected chi connectivity index (χ1v) is 8.19. The third kappa shape index (κ3) is 3.63. The van der Waals surface area contributed by atoms with E-state index < -0.39 is 6.10 Å². The lowest BCUT2D eigenvalue weighted by Crippen LogP contribution is -2.46. The highest BCUT2D eigenvalue weighted by molar-refractivity contribution is 5.94. The molecule has 0 bridgehead atoms. The number of aromatic nitrogens is 1. The molecule has 3 rings (SSSR count). The first kappa shape index (κ1) is 16.6. The van der Waals surface area contributed by atoms with Crippen molar-refractivity contribution in [2.45, 2.75) is 20.0 Å². The molecule has 126 valence electrons. The fourth-order valence-electron chi connectivity index (χ4n) is 2.86. The van der Waals surface area contributed by atoms with Crippen molar-refractivity contribution in [2.75, 3.05) is 32.1 Å². The van der Waals surface area contributed by atoms with Gasteiger partial charge in [-0.15, -0.1) is 0 Å². The van der Waals surface area contributed by atoms with Crippen molar-refractivity contribution in [3.8, 4) is 11.1 Å². The Bertz CT molecular complexity index is 731. The summed E-state index contributed by atoms with van der Waals surface area (Å²) in [5, 5.41) is 2.91. The number of pyridine rings is 1. The van der Waals surface area contributed by atoms with Gasteiger partial charge in [-0.05, 0) is 43.7 Å². The molecule has 1 aliphatic rings. The highest BCUT2D eigenvalue weighted by Gasteiger charge is 2.25. The molecule has 0 aliphatic carbocycles. The Morgan fingerprint density at radius 3 is 2.75 bits per heavy atom. The van der Waals surface area contributed by atoms with Crippen molar-refractivity contribution in [3.63, 3.8) is 0 Å². The molecule has 0 saturated carbocycles. The lowest BCUT2D eigenvalue weighted by Gasteiger charge is -2.29. The largest absolute Gasteiger partial charge is 0.366 e. The number of amides is 1. The maximum atomic E-state index is 12.5. The average Bonchev–Trinajstić information content (AvgIpc) is 2.58. The normalized spacial score (nSPS) is 18.4. The summed E-state index contributed by atoms with van der Waals surface area (Å²) in [6, 6.07) is 12.1. The van der Waals surface area contributed by atoms with Gasteiger partial charge in [-0.1, -0.05) is 30.3 Å². The number of likely N-dealkylation sites (N-methyl/N-ethyl adjacent to an activating group) is 1. The number of anilines is 1. The van der Waals surface area contributed by atoms with E-state index in [0.717, 1.165) is 28.9 Å². The molecule has 0 radical (unpaired) electrons. The lowest BCUT2D eigenvalue weighted by atomic mass is 10.0. The van der Waals surface area contributed by atoms with Crippen molar-refractivity contribution < 1.29 is 9.53 Å². The second-order valence-corrected chi connectivity index (χ2v) is 6.24. The van der Waals surface area contributed by atoms with Crippen molar-refractivity contribution >= 4 is 11.7 Å². The van der Waals surface area contributed by atoms with Crippen LogP contribution < -0.4 is 5.32 Å². The molecular formula is C19H23N3O2. The number of carbonyl (C=O) groups excluding carboxylic acids is 1. The monoisotopic (exact) mass is 325 g/mol. The first-order chi connectivity index (χ1) is 11.5. The van der Waals surface area contributed by atoms with Crippen LogP contribution in [0, 0.1) is 13.8 Å². The molecule has 1 aromatic heterocycles. The third-order valence-electron chi connectivity index (χ3n) is 4.41. The number of aryl methyl sites for hydroxylation is 1. The van der Waals surface area contributed by atoms with Crippen LogP contribution in [0.4, 0.5) is 5.82 Å². The Labute approximate surface area is 142 Å². The summed E-state index contributed by atoms with van der Waals surface area (Å²) >= 11 is 0. The summed E-state index contributed by atoms with van der Waals surface area (Å²) < 4.78 is 5.57. The molecule has 1 fully saturated rings. The van der Waals surface area contributed by atoms with Crippen molar-refractivity contribution in [3.05, 3.63) is 47.7 Å². The zero-order valence-corrected chi connectivity index (χ0v) is 14.4. The third-order valence-corrected chi connectivity index (χ3v) is 4.41. The Hall–Kier alpha value is -2.24. The Kier molecular flexibility index (Phi) is 4.92. The second kappa shape index (κ2) is 7.11. The van der Waals surface area contributed by atoms with Gasteiger partial charge in [0.15, 0.2) is 0 Å². The molecule has 2 heterocycles. The van der Waals surface area contributed by atoms with Crippen LogP contribution in [0.2, 0.25) is 0 Å². The molecule has 0 spiro atoms. The van der Waals surface area contributed by atoms with E-state index in [1.54, 1.807) is 0 Å². The highest BCUT2D eigenvalue weighted by Crippen LogP contribution is 2.27. The molecular weight excluding hydrogens is 302 g/mol. The summed E-state index contributed by atoms with van der Waals surface area (Å²) in [7, 11) is 1.99. The van der Waals surface area contributed by atoms with E-state index in [1.807, 2.05) is 38.2 Å². The Balaban J connectivity index is 1.84. The van der Waals surface area contributed by atoms with Crippen molar-refractivity contribution in [1.29, 1.82) is 0 Å². The van der Waals surface area contributed by atoms with E-state index in [1.165, 1.54) is 0 Å². The number of hydrogen-bond acceptors (Lipinski definition) is 4. The van der Waals surface area contributed by atoms with Gasteiger partial charge in [0, 0.05) is 18.8 Å². The molecule has 1 atom stereocenters. The van der Waals surface area contributed by atoms with Gasteiger partial charge in [-0.3, -0.25) is 4.79 Å². The van der Waals surface area contributed by atoms with E-state index in [0.29, 0.717) is 19.0 Å². The summed E-state index contributed by atoms with van der Waals surface area (Å²) in [5.74, 6) is 0.426. The standard InChI is InChI=1S/C19H23N3O2/c1-13-14(2)20-18(11-16(13)15-7-5-4-6-8-15)21-19(23)17-12-22(3)9-10-24-17/h4-8,11,17H,9-10,12H2,1-3H3,(H,20,21,23). The Morgan fingerprint density at radius 1 is 1.29 bits per heavy atom. The van der Waals surface area contributed by atoms with Gasteiger partial charge in [0.1, 0.15) is 11.9 Å². The summed E-state index contributed by atoms with van der Waals surface area (Å²) in [4.78, 5) is 19.1. The molecule has 1 aliphatic heterocycles. The molecule has 1 saturated heterocycles. The van der Waals surface area contributed by atoms with E-state index in [-0.39, 0.29) is 5.91 Å². The van der Waals surface area contributed by atoms with Crippen LogP contribution in [0.3, 0.4) is 0 Å². The number of nitrogens with zero attached hydrogens (tertiary/aromatic N) is 2. The maximum Gasteiger partial charge on any atom is 0.255 e. The van der Waals surface area contributed by atoms with Crippen LogP contribution in [0.1, 0.15) is 11.3 Å². The second-order valence-electron chi connectivity index (χ2n) is 6.24. The molecule has 1 aromatic carbocycles. The number of hydrogen-bond donors (Lipinski definition) is 1. The van der Waals surface area contributed by atoms with E-state index in [2.05, 4.69) is 34.3 Å². The lowest BCUT2D eigenvalue weighted by molar-refractivity contribution is -0.132. The van der Waals surface area contributed by atoms with Gasteiger partial charge in [0.05, 0.1) is 6.61 Å². The fourth-order valence-corrected chi connectivity index (χ4v) is 2.86. The van der Waals surface area contributed by atoms with Crippen molar-refractivity contribution in [1.82, 2.24) is 9.88 Å². The van der Waals surface area contributed by atoms with Gasteiger partial charge in [-0.2, -0.15) is 0 Å². The van der Waals surface area contributed by atoms with Crippen LogP contribution in [0.5, 0.6) is 0 Å². The topological polar surface area (TPSA) is 54.5 Å². The molecule has 1 amide bonds.